The van der Waals surface area contributed by atoms with Crippen molar-refractivity contribution in [1.82, 2.24) is 25.2 Å². The molecule has 1 aliphatic heterocycles. The van der Waals surface area contributed by atoms with E-state index in [-0.39, 0.29) is 19.7 Å². The van der Waals surface area contributed by atoms with Gasteiger partial charge in [-0.1, -0.05) is 6.07 Å². The van der Waals surface area contributed by atoms with Crippen molar-refractivity contribution in [3.05, 3.63) is 42.3 Å². The predicted octanol–water partition coefficient (Wildman–Crippen LogP) is 0.905. The van der Waals surface area contributed by atoms with Gasteiger partial charge in [-0.2, -0.15) is 0 Å². The minimum Gasteiger partial charge on any atom is -0.461 e. The summed E-state index contributed by atoms with van der Waals surface area (Å²) in [5, 5.41) is 11.2. The number of hydrogen-bond acceptors (Lipinski definition) is 9. The lowest BCUT2D eigenvalue weighted by molar-refractivity contribution is -0.144. The predicted molar refractivity (Wildman–Crippen MR) is 105 cm³/mol. The first-order valence-corrected chi connectivity index (χ1v) is 9.29. The topological polar surface area (TPSA) is 138 Å². The Morgan fingerprint density at radius 3 is 2.84 bits per heavy atom. The molecule has 1 aromatic carbocycles. The molecule has 0 bridgehead atoms. The fraction of sp³-hybridized carbons (Fsp3) is 0.263. The van der Waals surface area contributed by atoms with Crippen LogP contribution in [0.1, 0.15) is 0 Å². The average Bonchev–Trinajstić information content (AvgIpc) is 3.37. The van der Waals surface area contributed by atoms with Crippen LogP contribution in [-0.4, -0.2) is 63.1 Å². The summed E-state index contributed by atoms with van der Waals surface area (Å²) in [5.41, 5.74) is 6.92. The molecule has 3 aromatic rings. The SMILES string of the molecule is Cn1nnnc1-c1ccc(-c2ccc(N3C[C@H](COC(=O)CN)OC3=O)cc2F)cn1. The second-order valence-corrected chi connectivity index (χ2v) is 6.73. The number of esters is 1. The number of aryl methyl sites for hydroxylation is 1. The van der Waals surface area contributed by atoms with Crippen molar-refractivity contribution in [3.8, 4) is 22.6 Å². The maximum atomic E-state index is 14.8. The molecule has 12 heteroatoms. The summed E-state index contributed by atoms with van der Waals surface area (Å²) in [4.78, 5) is 28.9. The summed E-state index contributed by atoms with van der Waals surface area (Å²) in [5.74, 6) is -0.639. The molecular formula is C19H18FN7O4. The molecule has 4 rings (SSSR count). The summed E-state index contributed by atoms with van der Waals surface area (Å²) >= 11 is 0. The zero-order chi connectivity index (χ0) is 22.0. The Balaban J connectivity index is 1.49. The van der Waals surface area contributed by atoms with Gasteiger partial charge in [-0.15, -0.1) is 5.10 Å². The third kappa shape index (κ3) is 4.19. The molecular weight excluding hydrogens is 409 g/mol. The first kappa shape index (κ1) is 20.3. The summed E-state index contributed by atoms with van der Waals surface area (Å²) < 4.78 is 26.4. The molecule has 0 radical (unpaired) electrons. The van der Waals surface area contributed by atoms with E-state index in [0.717, 1.165) is 0 Å². The van der Waals surface area contributed by atoms with Crippen LogP contribution in [0.3, 0.4) is 0 Å². The van der Waals surface area contributed by atoms with Gasteiger partial charge in [0.15, 0.2) is 11.9 Å². The van der Waals surface area contributed by atoms with E-state index in [9.17, 15) is 14.0 Å². The molecule has 1 fully saturated rings. The van der Waals surface area contributed by atoms with Crippen LogP contribution in [0.5, 0.6) is 0 Å². The van der Waals surface area contributed by atoms with Crippen molar-refractivity contribution in [2.45, 2.75) is 6.10 Å². The zero-order valence-corrected chi connectivity index (χ0v) is 16.4. The van der Waals surface area contributed by atoms with Gasteiger partial charge in [0.2, 0.25) is 0 Å². The number of halogens is 1. The normalized spacial score (nSPS) is 15.8. The Morgan fingerprint density at radius 1 is 1.35 bits per heavy atom. The fourth-order valence-electron chi connectivity index (χ4n) is 3.10. The lowest BCUT2D eigenvalue weighted by atomic mass is 10.1. The van der Waals surface area contributed by atoms with Gasteiger partial charge >= 0.3 is 12.1 Å². The number of hydrogen-bond donors (Lipinski definition) is 1. The number of aromatic nitrogens is 5. The van der Waals surface area contributed by atoms with Crippen molar-refractivity contribution in [1.29, 1.82) is 0 Å². The highest BCUT2D eigenvalue weighted by molar-refractivity contribution is 5.90. The number of anilines is 1. The van der Waals surface area contributed by atoms with E-state index in [0.29, 0.717) is 28.3 Å². The second kappa shape index (κ2) is 8.44. The molecule has 3 heterocycles. The molecule has 31 heavy (non-hydrogen) atoms. The van der Waals surface area contributed by atoms with Gasteiger partial charge in [0.25, 0.3) is 0 Å². The molecule has 1 amide bonds. The Labute approximate surface area is 175 Å². The van der Waals surface area contributed by atoms with Crippen LogP contribution < -0.4 is 10.6 Å². The molecule has 0 unspecified atom stereocenters. The number of ether oxygens (including phenoxy) is 2. The fourth-order valence-corrected chi connectivity index (χ4v) is 3.10. The van der Waals surface area contributed by atoms with Crippen molar-refractivity contribution in [2.75, 3.05) is 24.6 Å². The lowest BCUT2D eigenvalue weighted by Crippen LogP contribution is -2.28. The lowest BCUT2D eigenvalue weighted by Gasteiger charge is -2.14. The second-order valence-electron chi connectivity index (χ2n) is 6.73. The smallest absolute Gasteiger partial charge is 0.414 e. The largest absolute Gasteiger partial charge is 0.461 e. The van der Waals surface area contributed by atoms with Crippen LogP contribution in [0.2, 0.25) is 0 Å². The number of rotatable bonds is 6. The number of carbonyl (C=O) groups excluding carboxylic acids is 2. The minimum atomic E-state index is -0.655. The van der Waals surface area contributed by atoms with E-state index in [4.69, 9.17) is 15.2 Å². The maximum Gasteiger partial charge on any atom is 0.414 e. The van der Waals surface area contributed by atoms with Crippen LogP contribution in [0.25, 0.3) is 22.6 Å². The molecule has 0 spiro atoms. The van der Waals surface area contributed by atoms with Crippen molar-refractivity contribution in [2.24, 2.45) is 12.8 Å². The number of nitrogens with zero attached hydrogens (tertiary/aromatic N) is 6. The summed E-state index contributed by atoms with van der Waals surface area (Å²) in [6.07, 6.45) is 0.218. The van der Waals surface area contributed by atoms with Gasteiger partial charge in [0, 0.05) is 24.4 Å². The molecule has 1 atom stereocenters. The van der Waals surface area contributed by atoms with Gasteiger partial charge in [-0.3, -0.25) is 14.7 Å². The number of carbonyl (C=O) groups is 2. The summed E-state index contributed by atoms with van der Waals surface area (Å²) in [6, 6.07) is 7.81. The molecule has 0 aliphatic carbocycles. The molecule has 11 nitrogen and oxygen atoms in total. The summed E-state index contributed by atoms with van der Waals surface area (Å²) in [7, 11) is 1.69. The first-order valence-electron chi connectivity index (χ1n) is 9.29. The van der Waals surface area contributed by atoms with E-state index >= 15 is 0 Å². The zero-order valence-electron chi connectivity index (χ0n) is 16.4. The standard InChI is InChI=1S/C19H18FN7O4/c1-26-18(23-24-25-26)16-5-2-11(8-22-16)14-4-3-12(6-15(14)20)27-9-13(31-19(27)29)10-30-17(28)7-21/h2-6,8,13H,7,9-10,21H2,1H3/t13-/m1/s1. The molecule has 2 aromatic heterocycles. The number of amides is 1. The number of tetrazole rings is 1. The van der Waals surface area contributed by atoms with E-state index in [2.05, 4.69) is 20.5 Å². The Kier molecular flexibility index (Phi) is 5.54. The highest BCUT2D eigenvalue weighted by atomic mass is 19.1. The molecule has 1 aliphatic rings. The van der Waals surface area contributed by atoms with E-state index in [1.807, 2.05) is 0 Å². The Bertz CT molecular complexity index is 1120. The number of pyridine rings is 1. The summed E-state index contributed by atoms with van der Waals surface area (Å²) in [6.45, 7) is -0.252. The first-order chi connectivity index (χ1) is 15.0. The van der Waals surface area contributed by atoms with Crippen LogP contribution >= 0.6 is 0 Å². The third-order valence-corrected chi connectivity index (χ3v) is 4.66. The van der Waals surface area contributed by atoms with E-state index in [1.54, 1.807) is 31.3 Å². The van der Waals surface area contributed by atoms with Crippen molar-refractivity contribution >= 4 is 17.7 Å². The van der Waals surface area contributed by atoms with Gasteiger partial charge in [-0.05, 0) is 34.7 Å². The van der Waals surface area contributed by atoms with Crippen LogP contribution in [0.4, 0.5) is 14.9 Å². The van der Waals surface area contributed by atoms with E-state index in [1.165, 1.54) is 21.8 Å². The van der Waals surface area contributed by atoms with Gasteiger partial charge < -0.3 is 15.2 Å². The molecule has 2 N–H and O–H groups in total. The Morgan fingerprint density at radius 2 is 2.19 bits per heavy atom. The maximum absolute atomic E-state index is 14.8. The number of cyclic esters (lactones) is 1. The quantitative estimate of drug-likeness (QED) is 0.569. The van der Waals surface area contributed by atoms with Gasteiger partial charge in [0.1, 0.15) is 18.1 Å². The monoisotopic (exact) mass is 427 g/mol. The molecule has 160 valence electrons. The highest BCUT2D eigenvalue weighted by Crippen LogP contribution is 2.29. The number of benzene rings is 1. The highest BCUT2D eigenvalue weighted by Gasteiger charge is 2.33. The van der Waals surface area contributed by atoms with Crippen LogP contribution in [0, 0.1) is 5.82 Å². The molecule has 1 saturated heterocycles. The third-order valence-electron chi connectivity index (χ3n) is 4.66. The minimum absolute atomic E-state index is 0.113. The van der Waals surface area contributed by atoms with Gasteiger partial charge in [0.05, 0.1) is 18.8 Å². The Hall–Kier alpha value is -3.93. The van der Waals surface area contributed by atoms with Crippen LogP contribution in [0.15, 0.2) is 36.5 Å². The van der Waals surface area contributed by atoms with Crippen LogP contribution in [-0.2, 0) is 21.3 Å². The average molecular weight is 427 g/mol. The number of nitrogens with two attached hydrogens (primary N) is 1. The van der Waals surface area contributed by atoms with Gasteiger partial charge in [-0.25, -0.2) is 13.9 Å². The van der Waals surface area contributed by atoms with Crippen molar-refractivity contribution in [3.63, 3.8) is 0 Å². The van der Waals surface area contributed by atoms with Crippen molar-refractivity contribution < 1.29 is 23.5 Å². The molecule has 0 saturated carbocycles. The van der Waals surface area contributed by atoms with E-state index < -0.39 is 24.0 Å².